The Kier molecular flexibility index (Phi) is 6.36. The molecule has 3 rings (SSSR count). The number of ketones is 1. The van der Waals surface area contributed by atoms with E-state index < -0.39 is 27.8 Å². The van der Waals surface area contributed by atoms with Gasteiger partial charge < -0.3 is 0 Å². The maximum Gasteiger partial charge on any atom is 0.329 e. The molecule has 3 aromatic rings. The van der Waals surface area contributed by atoms with Gasteiger partial charge in [0.15, 0.2) is 0 Å². The smallest absolute Gasteiger partial charge is 0.287 e. The molecule has 0 aromatic heterocycles. The molecular formula is C22H18ClF2NO3S. The van der Waals surface area contributed by atoms with Gasteiger partial charge in [0.1, 0.15) is 6.04 Å². The fraction of sp³-hybridized carbons (Fsp3) is 0.136. The lowest BCUT2D eigenvalue weighted by atomic mass is 9.95. The van der Waals surface area contributed by atoms with Crippen LogP contribution in [0.2, 0.25) is 5.02 Å². The molecule has 3 aromatic carbocycles. The molecule has 0 aliphatic carbocycles. The SMILES string of the molecule is Cc1ccc(S(=O)(=O)NC(c2ccccc2)C(F)(F)C(=O)c2ccc(Cl)cc2)cc1. The third kappa shape index (κ3) is 4.75. The molecule has 0 fully saturated rings. The lowest BCUT2D eigenvalue weighted by Gasteiger charge is -2.27. The number of hydrogen-bond donors (Lipinski definition) is 1. The highest BCUT2D eigenvalue weighted by Crippen LogP contribution is 2.36. The molecule has 1 N–H and O–H groups in total. The molecule has 0 bridgehead atoms. The molecule has 4 nitrogen and oxygen atoms in total. The van der Waals surface area contributed by atoms with Gasteiger partial charge in [-0.15, -0.1) is 0 Å². The summed E-state index contributed by atoms with van der Waals surface area (Å²) in [4.78, 5) is 12.5. The molecule has 0 spiro atoms. The zero-order chi connectivity index (χ0) is 21.9. The fourth-order valence-electron chi connectivity index (χ4n) is 2.86. The second kappa shape index (κ2) is 8.63. The molecule has 0 heterocycles. The Balaban J connectivity index is 2.03. The number of Topliss-reactive ketones (excluding diaryl/α,β-unsaturated/α-hetero) is 1. The highest BCUT2D eigenvalue weighted by atomic mass is 35.5. The number of carbonyl (C=O) groups is 1. The van der Waals surface area contributed by atoms with Crippen LogP contribution in [0, 0.1) is 6.92 Å². The van der Waals surface area contributed by atoms with Crippen molar-refractivity contribution >= 4 is 27.4 Å². The van der Waals surface area contributed by atoms with E-state index in [1.165, 1.54) is 60.7 Å². The highest BCUT2D eigenvalue weighted by molar-refractivity contribution is 7.89. The Bertz CT molecular complexity index is 1130. The Morgan fingerprint density at radius 3 is 2.07 bits per heavy atom. The molecule has 1 unspecified atom stereocenters. The van der Waals surface area contributed by atoms with Crippen LogP contribution in [0.25, 0.3) is 0 Å². The normalized spacial score (nSPS) is 13.1. The number of nitrogens with one attached hydrogen (secondary N) is 1. The third-order valence-electron chi connectivity index (χ3n) is 4.51. The minimum Gasteiger partial charge on any atom is -0.287 e. The molecule has 1 atom stereocenters. The molecule has 8 heteroatoms. The monoisotopic (exact) mass is 449 g/mol. The summed E-state index contributed by atoms with van der Waals surface area (Å²) in [6, 6.07) is 15.9. The predicted octanol–water partition coefficient (Wildman–Crippen LogP) is 5.19. The molecule has 0 amide bonds. The van der Waals surface area contributed by atoms with Gasteiger partial charge in [0.25, 0.3) is 0 Å². The van der Waals surface area contributed by atoms with Crippen molar-refractivity contribution in [1.82, 2.24) is 4.72 Å². The lowest BCUT2D eigenvalue weighted by molar-refractivity contribution is -0.0111. The number of hydrogen-bond acceptors (Lipinski definition) is 3. The summed E-state index contributed by atoms with van der Waals surface area (Å²) >= 11 is 5.76. The highest BCUT2D eigenvalue weighted by Gasteiger charge is 2.49. The van der Waals surface area contributed by atoms with Crippen LogP contribution in [0.15, 0.2) is 83.8 Å². The average molecular weight is 450 g/mol. The number of benzene rings is 3. The van der Waals surface area contributed by atoms with Gasteiger partial charge in [0.05, 0.1) is 4.90 Å². The van der Waals surface area contributed by atoms with Crippen LogP contribution < -0.4 is 4.72 Å². The molecule has 0 aliphatic heterocycles. The molecule has 156 valence electrons. The van der Waals surface area contributed by atoms with Crippen molar-refractivity contribution in [1.29, 1.82) is 0 Å². The number of alkyl halides is 2. The van der Waals surface area contributed by atoms with Gasteiger partial charge in [0.2, 0.25) is 15.8 Å². The van der Waals surface area contributed by atoms with Crippen LogP contribution in [0.5, 0.6) is 0 Å². The van der Waals surface area contributed by atoms with E-state index in [-0.39, 0.29) is 21.0 Å². The van der Waals surface area contributed by atoms with E-state index in [0.717, 1.165) is 5.56 Å². The van der Waals surface area contributed by atoms with Gasteiger partial charge in [-0.2, -0.15) is 13.5 Å². The lowest BCUT2D eigenvalue weighted by Crippen LogP contribution is -2.45. The van der Waals surface area contributed by atoms with Gasteiger partial charge in [-0.25, -0.2) is 8.42 Å². The Hall–Kier alpha value is -2.61. The molecule has 0 saturated heterocycles. The summed E-state index contributed by atoms with van der Waals surface area (Å²) in [6.07, 6.45) is 0. The second-order valence-corrected chi connectivity index (χ2v) is 8.89. The quantitative estimate of drug-likeness (QED) is 0.505. The van der Waals surface area contributed by atoms with E-state index in [0.29, 0.717) is 0 Å². The largest absolute Gasteiger partial charge is 0.329 e. The summed E-state index contributed by atoms with van der Waals surface area (Å²) in [5, 5.41) is 0.287. The Morgan fingerprint density at radius 1 is 0.933 bits per heavy atom. The third-order valence-corrected chi connectivity index (χ3v) is 6.20. The first-order chi connectivity index (χ1) is 14.1. The van der Waals surface area contributed by atoms with Crippen LogP contribution in [0.3, 0.4) is 0 Å². The van der Waals surface area contributed by atoms with E-state index in [4.69, 9.17) is 11.6 Å². The summed E-state index contributed by atoms with van der Waals surface area (Å²) in [6.45, 7) is 1.77. The van der Waals surface area contributed by atoms with Crippen LogP contribution in [0.1, 0.15) is 27.5 Å². The summed E-state index contributed by atoms with van der Waals surface area (Å²) in [5.41, 5.74) is 0.497. The van der Waals surface area contributed by atoms with E-state index in [2.05, 4.69) is 0 Å². The van der Waals surface area contributed by atoms with Gasteiger partial charge in [-0.1, -0.05) is 59.6 Å². The zero-order valence-electron chi connectivity index (χ0n) is 15.8. The van der Waals surface area contributed by atoms with Crippen LogP contribution in [0.4, 0.5) is 8.78 Å². The minimum atomic E-state index is -4.33. The van der Waals surface area contributed by atoms with Gasteiger partial charge in [0, 0.05) is 10.6 Å². The van der Waals surface area contributed by atoms with Crippen LogP contribution in [-0.4, -0.2) is 20.1 Å². The van der Waals surface area contributed by atoms with Crippen LogP contribution >= 0.6 is 11.6 Å². The zero-order valence-corrected chi connectivity index (χ0v) is 17.4. The van der Waals surface area contributed by atoms with Crippen molar-refractivity contribution in [2.45, 2.75) is 23.8 Å². The van der Waals surface area contributed by atoms with E-state index in [1.54, 1.807) is 25.1 Å². The van der Waals surface area contributed by atoms with E-state index >= 15 is 8.78 Å². The average Bonchev–Trinajstić information content (AvgIpc) is 2.73. The van der Waals surface area contributed by atoms with Crippen molar-refractivity contribution in [3.63, 3.8) is 0 Å². The van der Waals surface area contributed by atoms with Crippen molar-refractivity contribution in [2.24, 2.45) is 0 Å². The van der Waals surface area contributed by atoms with Crippen molar-refractivity contribution < 1.29 is 22.0 Å². The van der Waals surface area contributed by atoms with Crippen molar-refractivity contribution in [3.05, 3.63) is 101 Å². The van der Waals surface area contributed by atoms with Gasteiger partial charge in [-0.05, 0) is 48.9 Å². The molecule has 30 heavy (non-hydrogen) atoms. The van der Waals surface area contributed by atoms with E-state index in [1.807, 2.05) is 4.72 Å². The van der Waals surface area contributed by atoms with Crippen molar-refractivity contribution in [3.8, 4) is 0 Å². The Labute approximate surface area is 178 Å². The molecule has 0 radical (unpaired) electrons. The summed E-state index contributed by atoms with van der Waals surface area (Å²) < 4.78 is 58.3. The first-order valence-electron chi connectivity index (χ1n) is 8.93. The summed E-state index contributed by atoms with van der Waals surface area (Å²) in [7, 11) is -4.33. The van der Waals surface area contributed by atoms with E-state index in [9.17, 15) is 13.2 Å². The maximum absolute atomic E-state index is 15.4. The topological polar surface area (TPSA) is 63.2 Å². The minimum absolute atomic E-state index is 0.0412. The number of sulfonamides is 1. The Morgan fingerprint density at radius 2 is 1.50 bits per heavy atom. The second-order valence-electron chi connectivity index (χ2n) is 6.74. The maximum atomic E-state index is 15.4. The number of rotatable bonds is 7. The number of carbonyl (C=O) groups excluding carboxylic acids is 1. The fourth-order valence-corrected chi connectivity index (χ4v) is 4.21. The van der Waals surface area contributed by atoms with Crippen LogP contribution in [-0.2, 0) is 10.0 Å². The number of halogens is 3. The van der Waals surface area contributed by atoms with Gasteiger partial charge in [-0.3, -0.25) is 4.79 Å². The molecule has 0 saturated carbocycles. The van der Waals surface area contributed by atoms with Crippen molar-refractivity contribution in [2.75, 3.05) is 0 Å². The first-order valence-corrected chi connectivity index (χ1v) is 10.8. The predicted molar refractivity (Wildman–Crippen MR) is 111 cm³/mol. The molecule has 0 aliphatic rings. The summed E-state index contributed by atoms with van der Waals surface area (Å²) in [5.74, 6) is -5.58. The number of aryl methyl sites for hydroxylation is 1. The standard InChI is InChI=1S/C22H18ClF2NO3S/c1-15-7-13-19(14-8-15)30(28,29)26-20(16-5-3-2-4-6-16)22(24,25)21(27)17-9-11-18(23)12-10-17/h2-14,20,26H,1H3. The first kappa shape index (κ1) is 22.1. The molecular weight excluding hydrogens is 432 g/mol. The van der Waals surface area contributed by atoms with Gasteiger partial charge >= 0.3 is 5.92 Å².